The fraction of sp³-hybridized carbons (Fsp3) is 0.429. The zero-order valence-electron chi connectivity index (χ0n) is 11.0. The topological polar surface area (TPSA) is 49.4 Å². The molecular weight excluding hydrogens is 285 g/mol. The molecule has 1 saturated heterocycles. The molecule has 4 nitrogen and oxygen atoms in total. The molecule has 3 rings (SSSR count). The maximum absolute atomic E-state index is 12.8. The predicted octanol–water partition coefficient (Wildman–Crippen LogP) is 2.93. The monoisotopic (exact) mass is 298 g/mol. The number of urea groups is 1. The molecule has 3 amide bonds. The highest BCUT2D eigenvalue weighted by Crippen LogP contribution is 2.44. The van der Waals surface area contributed by atoms with Crippen molar-refractivity contribution in [3.05, 3.63) is 29.8 Å². The maximum Gasteiger partial charge on any atom is 0.416 e. The molecule has 1 aromatic rings. The number of hydrogen-bond acceptors (Lipinski definition) is 2. The number of hydrogen-bond donors (Lipinski definition) is 1. The number of carbonyl (C=O) groups excluding carboxylic acids is 2. The molecule has 0 radical (unpaired) electrons. The van der Waals surface area contributed by atoms with Crippen molar-refractivity contribution in [1.82, 2.24) is 5.32 Å². The average Bonchev–Trinajstić information content (AvgIpc) is 2.36. The molecule has 1 saturated carbocycles. The summed E-state index contributed by atoms with van der Waals surface area (Å²) in [6.45, 7) is 0.264. The minimum Gasteiger partial charge on any atom is -0.336 e. The smallest absolute Gasteiger partial charge is 0.336 e. The van der Waals surface area contributed by atoms with Crippen LogP contribution in [0.25, 0.3) is 0 Å². The standard InChI is InChI=1S/C14H13F3N2O2/c15-14(16,17)9-3-1-4-10(7-9)19-11(20)13(5-2-6-13)8-18-12(19)21/h1,3-4,7H,2,5-6,8H2,(H,18,21). The van der Waals surface area contributed by atoms with Crippen molar-refractivity contribution in [2.75, 3.05) is 11.4 Å². The third-order valence-electron chi connectivity index (χ3n) is 4.18. The average molecular weight is 298 g/mol. The van der Waals surface area contributed by atoms with E-state index in [1.165, 1.54) is 12.1 Å². The molecule has 1 aliphatic carbocycles. The van der Waals surface area contributed by atoms with Gasteiger partial charge in [-0.2, -0.15) is 13.2 Å². The Balaban J connectivity index is 1.98. The zero-order valence-corrected chi connectivity index (χ0v) is 11.0. The Morgan fingerprint density at radius 1 is 1.19 bits per heavy atom. The first kappa shape index (κ1) is 13.9. The van der Waals surface area contributed by atoms with E-state index >= 15 is 0 Å². The van der Waals surface area contributed by atoms with Crippen molar-refractivity contribution in [2.45, 2.75) is 25.4 Å². The molecule has 1 aliphatic heterocycles. The van der Waals surface area contributed by atoms with Crippen LogP contribution in [0.5, 0.6) is 0 Å². The second kappa shape index (κ2) is 4.47. The fourth-order valence-corrected chi connectivity index (χ4v) is 2.78. The maximum atomic E-state index is 12.8. The highest BCUT2D eigenvalue weighted by molar-refractivity contribution is 6.18. The largest absolute Gasteiger partial charge is 0.416 e. The SMILES string of the molecule is O=C1NCC2(CCC2)C(=O)N1c1cccc(C(F)(F)F)c1. The van der Waals surface area contributed by atoms with Crippen molar-refractivity contribution >= 4 is 17.6 Å². The van der Waals surface area contributed by atoms with Gasteiger partial charge >= 0.3 is 12.2 Å². The summed E-state index contributed by atoms with van der Waals surface area (Å²) in [5.41, 5.74) is -1.56. The van der Waals surface area contributed by atoms with Crippen LogP contribution < -0.4 is 10.2 Å². The number of imide groups is 1. The minimum atomic E-state index is -4.51. The van der Waals surface area contributed by atoms with Gasteiger partial charge in [0.25, 0.3) is 0 Å². The van der Waals surface area contributed by atoms with E-state index < -0.39 is 29.1 Å². The lowest BCUT2D eigenvalue weighted by Gasteiger charge is -2.46. The highest BCUT2D eigenvalue weighted by Gasteiger charge is 2.51. The van der Waals surface area contributed by atoms with Crippen molar-refractivity contribution in [3.8, 4) is 0 Å². The summed E-state index contributed by atoms with van der Waals surface area (Å²) in [5, 5.41) is 2.60. The van der Waals surface area contributed by atoms with Gasteiger partial charge in [0.05, 0.1) is 16.7 Å². The lowest BCUT2D eigenvalue weighted by atomic mass is 9.67. The van der Waals surface area contributed by atoms with E-state index in [0.29, 0.717) is 12.8 Å². The van der Waals surface area contributed by atoms with Crippen LogP contribution in [0.1, 0.15) is 24.8 Å². The van der Waals surface area contributed by atoms with Gasteiger partial charge in [0.2, 0.25) is 5.91 Å². The van der Waals surface area contributed by atoms with E-state index in [2.05, 4.69) is 5.32 Å². The van der Waals surface area contributed by atoms with E-state index in [1.807, 2.05) is 0 Å². The van der Waals surface area contributed by atoms with Crippen LogP contribution in [0, 0.1) is 5.41 Å². The number of alkyl halides is 3. The summed E-state index contributed by atoms with van der Waals surface area (Å²) in [4.78, 5) is 25.2. The number of halogens is 3. The molecule has 0 atom stereocenters. The molecule has 1 heterocycles. The van der Waals surface area contributed by atoms with Gasteiger partial charge < -0.3 is 5.32 Å². The number of amides is 3. The molecule has 1 spiro atoms. The van der Waals surface area contributed by atoms with Crippen LogP contribution in [0.2, 0.25) is 0 Å². The first-order chi connectivity index (χ1) is 9.83. The van der Waals surface area contributed by atoms with Gasteiger partial charge in [0, 0.05) is 6.54 Å². The van der Waals surface area contributed by atoms with Crippen molar-refractivity contribution < 1.29 is 22.8 Å². The molecule has 112 valence electrons. The number of nitrogens with zero attached hydrogens (tertiary/aromatic N) is 1. The van der Waals surface area contributed by atoms with E-state index in [4.69, 9.17) is 0 Å². The Kier molecular flexibility index (Phi) is 2.96. The lowest BCUT2D eigenvalue weighted by Crippen LogP contribution is -2.63. The van der Waals surface area contributed by atoms with Crippen LogP contribution in [0.15, 0.2) is 24.3 Å². The summed E-state index contributed by atoms with van der Waals surface area (Å²) in [6.07, 6.45) is -2.32. The van der Waals surface area contributed by atoms with E-state index in [9.17, 15) is 22.8 Å². The van der Waals surface area contributed by atoms with Gasteiger partial charge in [-0.05, 0) is 31.0 Å². The molecule has 1 N–H and O–H groups in total. The summed E-state index contributed by atoms with van der Waals surface area (Å²) in [5.74, 6) is -0.406. The van der Waals surface area contributed by atoms with Crippen molar-refractivity contribution in [1.29, 1.82) is 0 Å². The van der Waals surface area contributed by atoms with E-state index in [-0.39, 0.29) is 12.2 Å². The highest BCUT2D eigenvalue weighted by atomic mass is 19.4. The number of nitrogens with one attached hydrogen (secondary N) is 1. The van der Waals surface area contributed by atoms with Crippen LogP contribution in [0.4, 0.5) is 23.7 Å². The first-order valence-corrected chi connectivity index (χ1v) is 6.63. The third-order valence-corrected chi connectivity index (χ3v) is 4.18. The van der Waals surface area contributed by atoms with Gasteiger partial charge in [0.1, 0.15) is 0 Å². The Bertz CT molecular complexity index is 608. The van der Waals surface area contributed by atoms with E-state index in [0.717, 1.165) is 23.5 Å². The molecule has 0 unspecified atom stereocenters. The number of benzene rings is 1. The Hall–Kier alpha value is -2.05. The van der Waals surface area contributed by atoms with Gasteiger partial charge in [-0.3, -0.25) is 4.79 Å². The van der Waals surface area contributed by atoms with Gasteiger partial charge in [0.15, 0.2) is 0 Å². The fourth-order valence-electron chi connectivity index (χ4n) is 2.78. The van der Waals surface area contributed by atoms with Crippen LogP contribution in [0.3, 0.4) is 0 Å². The summed E-state index contributed by atoms with van der Waals surface area (Å²) in [7, 11) is 0. The van der Waals surface area contributed by atoms with Crippen molar-refractivity contribution in [2.24, 2.45) is 5.41 Å². The molecule has 0 bridgehead atoms. The Morgan fingerprint density at radius 2 is 1.90 bits per heavy atom. The summed E-state index contributed by atoms with van der Waals surface area (Å²) in [6, 6.07) is 3.60. The Labute approximate surface area is 118 Å². The number of rotatable bonds is 1. The minimum absolute atomic E-state index is 0.0432. The van der Waals surface area contributed by atoms with Gasteiger partial charge in [-0.1, -0.05) is 12.5 Å². The van der Waals surface area contributed by atoms with Gasteiger partial charge in [-0.15, -0.1) is 0 Å². The second-order valence-electron chi connectivity index (χ2n) is 5.48. The predicted molar refractivity (Wildman–Crippen MR) is 68.6 cm³/mol. The van der Waals surface area contributed by atoms with Gasteiger partial charge in [-0.25, -0.2) is 9.69 Å². The second-order valence-corrected chi connectivity index (χ2v) is 5.48. The van der Waals surface area contributed by atoms with Crippen molar-refractivity contribution in [3.63, 3.8) is 0 Å². The molecule has 0 aromatic heterocycles. The molecule has 2 aliphatic rings. The summed E-state index contributed by atoms with van der Waals surface area (Å²) >= 11 is 0. The summed E-state index contributed by atoms with van der Waals surface area (Å²) < 4.78 is 38.3. The van der Waals surface area contributed by atoms with Crippen LogP contribution in [-0.2, 0) is 11.0 Å². The molecule has 1 aromatic carbocycles. The third kappa shape index (κ3) is 2.16. The molecular formula is C14H13F3N2O2. The quantitative estimate of drug-likeness (QED) is 0.866. The number of carbonyl (C=O) groups is 2. The van der Waals surface area contributed by atoms with E-state index in [1.54, 1.807) is 0 Å². The number of anilines is 1. The van der Waals surface area contributed by atoms with Crippen LogP contribution in [-0.4, -0.2) is 18.5 Å². The molecule has 21 heavy (non-hydrogen) atoms. The molecule has 2 fully saturated rings. The zero-order chi connectivity index (χ0) is 15.3. The first-order valence-electron chi connectivity index (χ1n) is 6.63. The lowest BCUT2D eigenvalue weighted by molar-refractivity contribution is -0.138. The molecule has 7 heteroatoms. The Morgan fingerprint density at radius 3 is 2.48 bits per heavy atom. The van der Waals surface area contributed by atoms with Crippen LogP contribution >= 0.6 is 0 Å². The normalized spacial score (nSPS) is 21.2.